The molecule has 0 spiro atoms. The largest absolute Gasteiger partial charge is 0.488 e. The number of aliphatic hydroxyl groups excluding tert-OH is 1. The molecule has 0 bridgehead atoms. The van der Waals surface area contributed by atoms with Crippen LogP contribution in [0.15, 0.2) is 69.1 Å². The van der Waals surface area contributed by atoms with Gasteiger partial charge in [0.25, 0.3) is 15.9 Å². The number of benzene rings is 2. The van der Waals surface area contributed by atoms with E-state index in [4.69, 9.17) is 4.74 Å². The summed E-state index contributed by atoms with van der Waals surface area (Å²) in [5.41, 5.74) is 0.203. The minimum Gasteiger partial charge on any atom is -0.488 e. The molecular formula is C26H30FN3O7S3. The number of anilines is 1. The van der Waals surface area contributed by atoms with E-state index in [1.165, 1.54) is 48.3 Å². The monoisotopic (exact) mass is 611 g/mol. The Kier molecular flexibility index (Phi) is 8.85. The van der Waals surface area contributed by atoms with Crippen molar-refractivity contribution in [2.75, 3.05) is 31.5 Å². The van der Waals surface area contributed by atoms with Crippen molar-refractivity contribution in [2.45, 2.75) is 35.1 Å². The Hall–Kier alpha value is -3.04. The zero-order valence-electron chi connectivity index (χ0n) is 22.0. The third-order valence-electron chi connectivity index (χ3n) is 6.64. The van der Waals surface area contributed by atoms with Crippen LogP contribution in [0.25, 0.3) is 0 Å². The summed E-state index contributed by atoms with van der Waals surface area (Å²) >= 11 is 1.05. The third kappa shape index (κ3) is 6.31. The van der Waals surface area contributed by atoms with E-state index in [1.54, 1.807) is 18.4 Å². The highest BCUT2D eigenvalue weighted by molar-refractivity contribution is 7.94. The van der Waals surface area contributed by atoms with Crippen LogP contribution in [0.5, 0.6) is 5.75 Å². The second-order valence-corrected chi connectivity index (χ2v) is 14.5. The van der Waals surface area contributed by atoms with E-state index in [0.29, 0.717) is 0 Å². The molecule has 2 heterocycles. The average Bonchev–Trinajstić information content (AvgIpc) is 3.47. The molecule has 216 valence electrons. The highest BCUT2D eigenvalue weighted by Gasteiger charge is 2.35. The van der Waals surface area contributed by atoms with Gasteiger partial charge >= 0.3 is 0 Å². The average molecular weight is 612 g/mol. The molecular weight excluding hydrogens is 581 g/mol. The first kappa shape index (κ1) is 29.9. The van der Waals surface area contributed by atoms with Gasteiger partial charge < -0.3 is 14.7 Å². The molecule has 0 radical (unpaired) electrons. The summed E-state index contributed by atoms with van der Waals surface area (Å²) in [6, 6.07) is 11.3. The van der Waals surface area contributed by atoms with Gasteiger partial charge in [-0.15, -0.1) is 11.3 Å². The molecule has 3 aromatic rings. The molecule has 0 aliphatic carbocycles. The number of rotatable bonds is 9. The number of fused-ring (bicyclic) bond motifs is 1. The lowest BCUT2D eigenvalue weighted by Gasteiger charge is -2.38. The molecule has 1 aliphatic heterocycles. The Labute approximate surface area is 237 Å². The fourth-order valence-corrected chi connectivity index (χ4v) is 7.49. The predicted molar refractivity (Wildman–Crippen MR) is 149 cm³/mol. The van der Waals surface area contributed by atoms with Crippen molar-refractivity contribution in [3.63, 3.8) is 0 Å². The van der Waals surface area contributed by atoms with E-state index in [0.717, 1.165) is 27.8 Å². The number of sulfonamides is 2. The molecule has 3 atom stereocenters. The summed E-state index contributed by atoms with van der Waals surface area (Å²) in [7, 11) is -6.48. The molecule has 14 heteroatoms. The van der Waals surface area contributed by atoms with Crippen LogP contribution in [0, 0.1) is 11.7 Å². The van der Waals surface area contributed by atoms with Gasteiger partial charge in [0.05, 0.1) is 29.7 Å². The second kappa shape index (κ2) is 11.8. The Morgan fingerprint density at radius 1 is 1.18 bits per heavy atom. The lowest BCUT2D eigenvalue weighted by atomic mass is 9.99. The summed E-state index contributed by atoms with van der Waals surface area (Å²) in [6.45, 7) is 3.21. The number of nitrogens with one attached hydrogen (secondary N) is 1. The molecule has 0 fully saturated rings. The van der Waals surface area contributed by atoms with Crippen LogP contribution in [0.4, 0.5) is 10.1 Å². The van der Waals surface area contributed by atoms with E-state index >= 15 is 0 Å². The maximum atomic E-state index is 13.6. The van der Waals surface area contributed by atoms with Crippen molar-refractivity contribution in [1.82, 2.24) is 9.21 Å². The fraction of sp³-hybridized carbons (Fsp3) is 0.346. The zero-order chi connectivity index (χ0) is 29.2. The highest BCUT2D eigenvalue weighted by Crippen LogP contribution is 2.32. The summed E-state index contributed by atoms with van der Waals surface area (Å²) in [5.74, 6) is -1.25. The van der Waals surface area contributed by atoms with Crippen LogP contribution in [0.3, 0.4) is 0 Å². The Morgan fingerprint density at radius 3 is 2.50 bits per heavy atom. The van der Waals surface area contributed by atoms with Crippen LogP contribution in [0.1, 0.15) is 24.2 Å². The van der Waals surface area contributed by atoms with Gasteiger partial charge in [-0.1, -0.05) is 13.0 Å². The second-order valence-electron chi connectivity index (χ2n) is 9.61. The quantitative estimate of drug-likeness (QED) is 0.380. The number of hydrogen-bond acceptors (Lipinski definition) is 8. The molecule has 0 saturated carbocycles. The molecule has 0 unspecified atom stereocenters. The van der Waals surface area contributed by atoms with Crippen molar-refractivity contribution in [3.8, 4) is 5.75 Å². The summed E-state index contributed by atoms with van der Waals surface area (Å²) in [4.78, 5) is 15.0. The van der Waals surface area contributed by atoms with Crippen LogP contribution in [-0.4, -0.2) is 75.9 Å². The van der Waals surface area contributed by atoms with Crippen molar-refractivity contribution >= 4 is 43.0 Å². The van der Waals surface area contributed by atoms with Crippen molar-refractivity contribution < 1.29 is 35.9 Å². The van der Waals surface area contributed by atoms with Crippen molar-refractivity contribution in [1.29, 1.82) is 0 Å². The number of carbonyl (C=O) groups is 1. The van der Waals surface area contributed by atoms with Crippen LogP contribution < -0.4 is 9.46 Å². The van der Waals surface area contributed by atoms with Crippen LogP contribution >= 0.6 is 11.3 Å². The van der Waals surface area contributed by atoms with Gasteiger partial charge in [-0.2, -0.15) is 4.31 Å². The molecule has 1 amide bonds. The first-order valence-corrected chi connectivity index (χ1v) is 16.1. The predicted octanol–water partition coefficient (Wildman–Crippen LogP) is 3.23. The summed E-state index contributed by atoms with van der Waals surface area (Å²) in [6.07, 6.45) is -0.728. The van der Waals surface area contributed by atoms with Crippen LogP contribution in [0.2, 0.25) is 0 Å². The lowest BCUT2D eigenvalue weighted by molar-refractivity contribution is 0.0387. The van der Waals surface area contributed by atoms with Gasteiger partial charge in [-0.3, -0.25) is 9.52 Å². The number of ether oxygens (including phenoxy) is 1. The van der Waals surface area contributed by atoms with Gasteiger partial charge in [-0.25, -0.2) is 21.2 Å². The normalized spacial score (nSPS) is 18.9. The first-order valence-electron chi connectivity index (χ1n) is 12.3. The molecule has 2 aromatic carbocycles. The van der Waals surface area contributed by atoms with Crippen molar-refractivity contribution in [2.24, 2.45) is 5.92 Å². The number of amides is 1. The van der Waals surface area contributed by atoms with Gasteiger partial charge in [0.15, 0.2) is 0 Å². The molecule has 1 aliphatic rings. The number of nitrogens with zero attached hydrogens (tertiary/aromatic N) is 2. The number of thiophene rings is 1. The first-order chi connectivity index (χ1) is 18.8. The fourth-order valence-electron chi connectivity index (χ4n) is 4.26. The van der Waals surface area contributed by atoms with Gasteiger partial charge in [0.2, 0.25) is 10.0 Å². The zero-order valence-corrected chi connectivity index (χ0v) is 24.5. The lowest BCUT2D eigenvalue weighted by Crippen LogP contribution is -2.50. The van der Waals surface area contributed by atoms with Crippen LogP contribution in [-0.2, 0) is 20.0 Å². The Morgan fingerprint density at radius 2 is 1.88 bits per heavy atom. The van der Waals surface area contributed by atoms with E-state index in [9.17, 15) is 31.1 Å². The number of aliphatic hydroxyl groups is 1. The maximum absolute atomic E-state index is 13.6. The molecule has 10 nitrogen and oxygen atoms in total. The number of carbonyl (C=O) groups excluding carboxylic acids is 1. The minimum absolute atomic E-state index is 0.0626. The van der Waals surface area contributed by atoms with E-state index in [2.05, 4.69) is 4.72 Å². The smallest absolute Gasteiger partial charge is 0.271 e. The molecule has 2 N–H and O–H groups in total. The SMILES string of the molecule is C[C@@H]1CN([C@H](C)CO)C(=O)c2cc(NS(=O)(=O)c3cccs3)ccc2O[C@H]1CN(C)S(=O)(=O)c1ccc(F)cc1. The number of hydrogen-bond donors (Lipinski definition) is 2. The van der Waals surface area contributed by atoms with Gasteiger partial charge in [0.1, 0.15) is 21.9 Å². The van der Waals surface area contributed by atoms with Gasteiger partial charge in [0, 0.05) is 25.2 Å². The summed E-state index contributed by atoms with van der Waals surface area (Å²) < 4.78 is 75.1. The molecule has 40 heavy (non-hydrogen) atoms. The summed E-state index contributed by atoms with van der Waals surface area (Å²) in [5, 5.41) is 11.5. The molecule has 1 aromatic heterocycles. The Bertz CT molecular complexity index is 1560. The van der Waals surface area contributed by atoms with E-state index in [1.807, 2.05) is 6.92 Å². The number of likely N-dealkylation sites (N-methyl/N-ethyl adjacent to an activating group) is 1. The van der Waals surface area contributed by atoms with E-state index in [-0.39, 0.29) is 51.7 Å². The standard InChI is InChI=1S/C26H30FN3O7S3/c1-17-14-30(18(2)16-31)26(32)22-13-20(28-39(33,34)25-5-4-12-38-25)8-11-23(22)37-24(17)15-29(3)40(35,36)21-9-6-19(27)7-10-21/h4-13,17-18,24,28,31H,14-16H2,1-3H3/t17-,18-,24+/m1/s1. The third-order valence-corrected chi connectivity index (χ3v) is 11.3. The van der Waals surface area contributed by atoms with Gasteiger partial charge in [-0.05, 0) is 60.8 Å². The van der Waals surface area contributed by atoms with Crippen molar-refractivity contribution in [3.05, 3.63) is 71.4 Å². The molecule has 0 saturated heterocycles. The minimum atomic E-state index is -3.98. The topological polar surface area (TPSA) is 133 Å². The Balaban J connectivity index is 1.68. The number of halogens is 1. The highest BCUT2D eigenvalue weighted by atomic mass is 32.2. The molecule has 4 rings (SSSR count). The van der Waals surface area contributed by atoms with E-state index < -0.39 is 43.9 Å². The maximum Gasteiger partial charge on any atom is 0.271 e.